The van der Waals surface area contributed by atoms with E-state index in [4.69, 9.17) is 4.52 Å². The van der Waals surface area contributed by atoms with E-state index in [9.17, 15) is 0 Å². The van der Waals surface area contributed by atoms with E-state index in [0.717, 1.165) is 30.0 Å². The molecule has 18 heavy (non-hydrogen) atoms. The van der Waals surface area contributed by atoms with Gasteiger partial charge in [-0.05, 0) is 39.7 Å². The number of fused-ring (bicyclic) bond motifs is 4. The number of rotatable bonds is 2. The molecule has 4 heterocycles. The molecular formula is C14H23N3O. The minimum Gasteiger partial charge on any atom is -0.361 e. The summed E-state index contributed by atoms with van der Waals surface area (Å²) in [6.45, 7) is 8.75. The molecule has 0 saturated carbocycles. The van der Waals surface area contributed by atoms with E-state index < -0.39 is 0 Å². The zero-order chi connectivity index (χ0) is 12.7. The average molecular weight is 249 g/mol. The maximum absolute atomic E-state index is 5.27. The topological polar surface area (TPSA) is 32.5 Å². The van der Waals surface area contributed by atoms with Crippen LogP contribution in [-0.2, 0) is 6.54 Å². The Labute approximate surface area is 109 Å². The van der Waals surface area contributed by atoms with Crippen molar-refractivity contribution in [2.45, 2.75) is 39.3 Å². The highest BCUT2D eigenvalue weighted by molar-refractivity contribution is 5.20. The van der Waals surface area contributed by atoms with Gasteiger partial charge < -0.3 is 9.42 Å². The normalized spacial score (nSPS) is 29.7. The summed E-state index contributed by atoms with van der Waals surface area (Å²) in [4.78, 5) is 5.14. The second-order valence-electron chi connectivity index (χ2n) is 6.03. The molecule has 0 unspecified atom stereocenters. The van der Waals surface area contributed by atoms with Crippen molar-refractivity contribution < 1.29 is 4.52 Å². The Balaban J connectivity index is 1.74. The molecule has 0 aromatic carbocycles. The average Bonchev–Trinajstić information content (AvgIpc) is 2.55. The lowest BCUT2D eigenvalue weighted by atomic mass is 9.96. The summed E-state index contributed by atoms with van der Waals surface area (Å²) in [6.07, 6.45) is 2.76. The van der Waals surface area contributed by atoms with Gasteiger partial charge in [-0.2, -0.15) is 0 Å². The molecule has 1 aromatic rings. The molecule has 2 bridgehead atoms. The van der Waals surface area contributed by atoms with E-state index in [-0.39, 0.29) is 0 Å². The van der Waals surface area contributed by atoms with Crippen LogP contribution in [-0.4, -0.2) is 47.7 Å². The van der Waals surface area contributed by atoms with Crippen molar-refractivity contribution in [1.82, 2.24) is 15.0 Å². The highest BCUT2D eigenvalue weighted by Gasteiger charge is 2.33. The summed E-state index contributed by atoms with van der Waals surface area (Å²) in [7, 11) is 2.27. The predicted molar refractivity (Wildman–Crippen MR) is 70.4 cm³/mol. The number of aromatic nitrogens is 1. The summed E-state index contributed by atoms with van der Waals surface area (Å²) in [5, 5.41) is 4.06. The first-order chi connectivity index (χ1) is 8.63. The smallest absolute Gasteiger partial charge is 0.138 e. The van der Waals surface area contributed by atoms with Crippen LogP contribution in [0, 0.1) is 19.8 Å². The molecule has 2 atom stereocenters. The van der Waals surface area contributed by atoms with Crippen molar-refractivity contribution in [3.8, 4) is 0 Å². The SMILES string of the molecule is Cc1noc(C)c1CN1C[C@H]2CC[C@@H](C1)N(C)C2. The van der Waals surface area contributed by atoms with E-state index in [1.54, 1.807) is 0 Å². The van der Waals surface area contributed by atoms with Crippen LogP contribution in [0.15, 0.2) is 4.52 Å². The zero-order valence-corrected chi connectivity index (χ0v) is 11.6. The lowest BCUT2D eigenvalue weighted by molar-refractivity contribution is 0.165. The highest BCUT2D eigenvalue weighted by Crippen LogP contribution is 2.28. The monoisotopic (exact) mass is 249 g/mol. The Hall–Kier alpha value is -0.870. The minimum absolute atomic E-state index is 0.740. The number of hydrogen-bond acceptors (Lipinski definition) is 4. The van der Waals surface area contributed by atoms with Gasteiger partial charge in [-0.1, -0.05) is 5.16 Å². The Morgan fingerprint density at radius 2 is 2.06 bits per heavy atom. The summed E-state index contributed by atoms with van der Waals surface area (Å²) < 4.78 is 5.27. The number of piperidine rings is 1. The van der Waals surface area contributed by atoms with Crippen LogP contribution in [0.25, 0.3) is 0 Å². The van der Waals surface area contributed by atoms with E-state index in [1.807, 2.05) is 13.8 Å². The largest absolute Gasteiger partial charge is 0.361 e. The van der Waals surface area contributed by atoms with Crippen LogP contribution in [0.5, 0.6) is 0 Å². The second-order valence-corrected chi connectivity index (χ2v) is 6.03. The maximum Gasteiger partial charge on any atom is 0.138 e. The summed E-state index contributed by atoms with van der Waals surface area (Å²) in [6, 6.07) is 0.740. The van der Waals surface area contributed by atoms with Crippen LogP contribution in [0.1, 0.15) is 29.9 Å². The first kappa shape index (κ1) is 12.2. The first-order valence-corrected chi connectivity index (χ1v) is 6.98. The van der Waals surface area contributed by atoms with Gasteiger partial charge in [-0.15, -0.1) is 0 Å². The summed E-state index contributed by atoms with van der Waals surface area (Å²) >= 11 is 0. The van der Waals surface area contributed by atoms with E-state index >= 15 is 0 Å². The molecule has 0 amide bonds. The van der Waals surface area contributed by atoms with Crippen LogP contribution in [0.4, 0.5) is 0 Å². The Kier molecular flexibility index (Phi) is 3.16. The van der Waals surface area contributed by atoms with Gasteiger partial charge in [-0.3, -0.25) is 4.90 Å². The summed E-state index contributed by atoms with van der Waals surface area (Å²) in [5.74, 6) is 1.83. The molecular weight excluding hydrogens is 226 g/mol. The van der Waals surface area contributed by atoms with E-state index in [1.165, 1.54) is 38.0 Å². The van der Waals surface area contributed by atoms with Crippen molar-refractivity contribution >= 4 is 0 Å². The third-order valence-electron chi connectivity index (χ3n) is 4.63. The number of nitrogens with zero attached hydrogens (tertiary/aromatic N) is 3. The fourth-order valence-corrected chi connectivity index (χ4v) is 3.49. The molecule has 3 aliphatic heterocycles. The molecule has 0 spiro atoms. The third-order valence-corrected chi connectivity index (χ3v) is 4.63. The van der Waals surface area contributed by atoms with Crippen LogP contribution >= 0.6 is 0 Å². The fraction of sp³-hybridized carbons (Fsp3) is 0.786. The molecule has 3 aliphatic rings. The fourth-order valence-electron chi connectivity index (χ4n) is 3.49. The second kappa shape index (κ2) is 4.67. The molecule has 4 rings (SSSR count). The molecule has 0 aliphatic carbocycles. The highest BCUT2D eigenvalue weighted by atomic mass is 16.5. The summed E-state index contributed by atoms with van der Waals surface area (Å²) in [5.41, 5.74) is 2.34. The minimum atomic E-state index is 0.740. The Morgan fingerprint density at radius 3 is 2.72 bits per heavy atom. The molecule has 0 radical (unpaired) electrons. The van der Waals surface area contributed by atoms with Crippen LogP contribution in [0.2, 0.25) is 0 Å². The van der Waals surface area contributed by atoms with Gasteiger partial charge in [-0.25, -0.2) is 0 Å². The van der Waals surface area contributed by atoms with Crippen molar-refractivity contribution in [2.75, 3.05) is 26.7 Å². The van der Waals surface area contributed by atoms with E-state index in [0.29, 0.717) is 0 Å². The zero-order valence-electron chi connectivity index (χ0n) is 11.6. The predicted octanol–water partition coefficient (Wildman–Crippen LogP) is 1.82. The Morgan fingerprint density at radius 1 is 1.22 bits per heavy atom. The van der Waals surface area contributed by atoms with Crippen LogP contribution in [0.3, 0.4) is 0 Å². The molecule has 100 valence electrons. The van der Waals surface area contributed by atoms with Gasteiger partial charge in [0.05, 0.1) is 5.69 Å². The lowest BCUT2D eigenvalue weighted by Crippen LogP contribution is -2.40. The van der Waals surface area contributed by atoms with Crippen molar-refractivity contribution in [1.29, 1.82) is 0 Å². The van der Waals surface area contributed by atoms with Gasteiger partial charge in [0.15, 0.2) is 0 Å². The number of likely N-dealkylation sites (N-methyl/N-ethyl adjacent to an activating group) is 1. The van der Waals surface area contributed by atoms with Gasteiger partial charge in [0.25, 0.3) is 0 Å². The van der Waals surface area contributed by atoms with Gasteiger partial charge in [0.1, 0.15) is 5.76 Å². The van der Waals surface area contributed by atoms with Gasteiger partial charge in [0.2, 0.25) is 0 Å². The maximum atomic E-state index is 5.27. The van der Waals surface area contributed by atoms with E-state index in [2.05, 4.69) is 22.0 Å². The number of hydrogen-bond donors (Lipinski definition) is 0. The molecule has 0 N–H and O–H groups in total. The third kappa shape index (κ3) is 2.19. The van der Waals surface area contributed by atoms with Gasteiger partial charge >= 0.3 is 0 Å². The quantitative estimate of drug-likeness (QED) is 0.800. The standard InChI is InChI=1S/C14H23N3O/c1-10-14(11(2)18-15-10)9-17-7-12-4-5-13(8-17)16(3)6-12/h12-13H,4-9H2,1-3H3/t12-,13-/m0/s1. The van der Waals surface area contributed by atoms with Gasteiger partial charge in [0, 0.05) is 37.8 Å². The van der Waals surface area contributed by atoms with Crippen molar-refractivity contribution in [3.05, 3.63) is 17.0 Å². The first-order valence-electron chi connectivity index (χ1n) is 6.98. The number of aryl methyl sites for hydroxylation is 2. The Bertz CT molecular complexity index is 409. The molecule has 1 aromatic heterocycles. The van der Waals surface area contributed by atoms with Crippen molar-refractivity contribution in [3.63, 3.8) is 0 Å². The molecule has 3 saturated heterocycles. The van der Waals surface area contributed by atoms with Crippen molar-refractivity contribution in [2.24, 2.45) is 5.92 Å². The molecule has 3 fully saturated rings. The lowest BCUT2D eigenvalue weighted by Gasteiger charge is -2.32. The molecule has 4 heteroatoms. The molecule has 4 nitrogen and oxygen atoms in total. The van der Waals surface area contributed by atoms with Crippen LogP contribution < -0.4 is 0 Å².